The quantitative estimate of drug-likeness (QED) is 0.926. The molecule has 4 rings (SSSR count). The third-order valence-electron chi connectivity index (χ3n) is 5.34. The van der Waals surface area contributed by atoms with Gasteiger partial charge in [0.1, 0.15) is 17.0 Å². The van der Waals surface area contributed by atoms with Crippen LogP contribution in [0.4, 0.5) is 0 Å². The second kappa shape index (κ2) is 6.75. The number of methoxy groups -OCH3 is 1. The summed E-state index contributed by atoms with van der Waals surface area (Å²) in [6, 6.07) is 14.5. The highest BCUT2D eigenvalue weighted by Crippen LogP contribution is 2.43. The summed E-state index contributed by atoms with van der Waals surface area (Å²) in [4.78, 5) is 6.92. The SMILES string of the molecule is COc1cccnc1C1(O)CC2COCC(C1)N2Cc1ccccc1. The summed E-state index contributed by atoms with van der Waals surface area (Å²) in [6.45, 7) is 2.16. The van der Waals surface area contributed by atoms with Crippen LogP contribution in [0.25, 0.3) is 0 Å². The number of pyridine rings is 1. The number of rotatable bonds is 4. The van der Waals surface area contributed by atoms with E-state index < -0.39 is 5.60 Å². The number of nitrogens with zero attached hydrogens (tertiary/aromatic N) is 2. The van der Waals surface area contributed by atoms with Crippen molar-refractivity contribution in [2.75, 3.05) is 20.3 Å². The molecular weight excluding hydrogens is 316 g/mol. The van der Waals surface area contributed by atoms with Gasteiger partial charge in [-0.05, 0) is 30.5 Å². The molecule has 1 aromatic carbocycles. The molecule has 2 bridgehead atoms. The lowest BCUT2D eigenvalue weighted by Crippen LogP contribution is -2.60. The lowest BCUT2D eigenvalue weighted by atomic mass is 9.78. The van der Waals surface area contributed by atoms with Gasteiger partial charge < -0.3 is 14.6 Å². The molecule has 2 aromatic rings. The minimum absolute atomic E-state index is 0.171. The molecule has 1 aromatic heterocycles. The van der Waals surface area contributed by atoms with E-state index in [2.05, 4.69) is 34.1 Å². The van der Waals surface area contributed by atoms with Crippen LogP contribution in [0.5, 0.6) is 5.75 Å². The van der Waals surface area contributed by atoms with Crippen LogP contribution in [0.2, 0.25) is 0 Å². The number of benzene rings is 1. The smallest absolute Gasteiger partial charge is 0.143 e. The molecule has 2 unspecified atom stereocenters. The zero-order chi connectivity index (χ0) is 17.3. The summed E-state index contributed by atoms with van der Waals surface area (Å²) in [5.74, 6) is 0.653. The van der Waals surface area contributed by atoms with Gasteiger partial charge in [0.05, 0.1) is 20.3 Å². The van der Waals surface area contributed by atoms with Crippen molar-refractivity contribution >= 4 is 0 Å². The monoisotopic (exact) mass is 340 g/mol. The lowest BCUT2D eigenvalue weighted by molar-refractivity contribution is -0.151. The minimum atomic E-state index is -0.973. The minimum Gasteiger partial charge on any atom is -0.495 e. The first-order valence-electron chi connectivity index (χ1n) is 8.79. The highest BCUT2D eigenvalue weighted by molar-refractivity contribution is 5.33. The Kier molecular flexibility index (Phi) is 4.46. The molecule has 1 N–H and O–H groups in total. The van der Waals surface area contributed by atoms with Crippen LogP contribution in [-0.4, -0.2) is 47.4 Å². The number of aliphatic hydroxyl groups is 1. The summed E-state index contributed by atoms with van der Waals surface area (Å²) in [6.07, 6.45) is 2.92. The number of hydrogen-bond acceptors (Lipinski definition) is 5. The second-order valence-electron chi connectivity index (χ2n) is 7.00. The summed E-state index contributed by atoms with van der Waals surface area (Å²) in [5, 5.41) is 11.4. The topological polar surface area (TPSA) is 54.8 Å². The van der Waals surface area contributed by atoms with E-state index >= 15 is 0 Å². The third kappa shape index (κ3) is 3.15. The number of fused-ring (bicyclic) bond motifs is 2. The molecule has 2 saturated heterocycles. The van der Waals surface area contributed by atoms with Crippen LogP contribution in [0.3, 0.4) is 0 Å². The first-order chi connectivity index (χ1) is 12.2. The van der Waals surface area contributed by atoms with E-state index in [1.165, 1.54) is 5.56 Å². The summed E-state index contributed by atoms with van der Waals surface area (Å²) < 4.78 is 11.2. The maximum Gasteiger partial charge on any atom is 0.143 e. The molecule has 0 spiro atoms. The van der Waals surface area contributed by atoms with E-state index in [0.717, 1.165) is 6.54 Å². The Balaban J connectivity index is 1.60. The van der Waals surface area contributed by atoms with Crippen molar-refractivity contribution in [1.29, 1.82) is 0 Å². The van der Waals surface area contributed by atoms with Gasteiger partial charge in [0.15, 0.2) is 0 Å². The van der Waals surface area contributed by atoms with Crippen LogP contribution in [-0.2, 0) is 16.9 Å². The van der Waals surface area contributed by atoms with Gasteiger partial charge in [0.2, 0.25) is 0 Å². The number of aromatic nitrogens is 1. The molecule has 3 heterocycles. The maximum atomic E-state index is 11.4. The fourth-order valence-corrected chi connectivity index (χ4v) is 4.20. The van der Waals surface area contributed by atoms with Gasteiger partial charge in [-0.1, -0.05) is 30.3 Å². The number of morpholine rings is 1. The summed E-state index contributed by atoms with van der Waals surface area (Å²) in [7, 11) is 1.62. The van der Waals surface area contributed by atoms with Gasteiger partial charge in [-0.25, -0.2) is 0 Å². The van der Waals surface area contributed by atoms with Crippen molar-refractivity contribution in [3.8, 4) is 5.75 Å². The predicted octanol–water partition coefficient (Wildman–Crippen LogP) is 2.34. The van der Waals surface area contributed by atoms with Crippen LogP contribution >= 0.6 is 0 Å². The number of ether oxygens (including phenoxy) is 2. The van der Waals surface area contributed by atoms with Crippen molar-refractivity contribution in [2.24, 2.45) is 0 Å². The molecule has 0 radical (unpaired) electrons. The Hall–Kier alpha value is -1.95. The first kappa shape index (κ1) is 16.5. The van der Waals surface area contributed by atoms with Crippen molar-refractivity contribution in [1.82, 2.24) is 9.88 Å². The zero-order valence-electron chi connectivity index (χ0n) is 14.5. The molecule has 2 aliphatic heterocycles. The van der Waals surface area contributed by atoms with Crippen molar-refractivity contribution in [2.45, 2.75) is 37.1 Å². The third-order valence-corrected chi connectivity index (χ3v) is 5.34. The lowest BCUT2D eigenvalue weighted by Gasteiger charge is -2.51. The number of hydrogen-bond donors (Lipinski definition) is 1. The molecule has 2 aliphatic rings. The standard InChI is InChI=1S/C20H24N2O3/c1-24-18-8-5-9-21-19(18)20(23)10-16-13-25-14-17(11-20)22(16)12-15-6-3-2-4-7-15/h2-9,16-17,23H,10-14H2,1H3. The summed E-state index contributed by atoms with van der Waals surface area (Å²) in [5.41, 5.74) is 0.966. The Bertz CT molecular complexity index is 708. The van der Waals surface area contributed by atoms with Crippen LogP contribution in [0.15, 0.2) is 48.7 Å². The van der Waals surface area contributed by atoms with Gasteiger partial charge in [0, 0.05) is 24.8 Å². The van der Waals surface area contributed by atoms with E-state index in [-0.39, 0.29) is 12.1 Å². The normalized spacial score (nSPS) is 29.4. The van der Waals surface area contributed by atoms with Crippen LogP contribution < -0.4 is 4.74 Å². The Morgan fingerprint density at radius 2 is 1.88 bits per heavy atom. The highest BCUT2D eigenvalue weighted by Gasteiger charge is 2.48. The Labute approximate surface area is 148 Å². The molecule has 5 nitrogen and oxygen atoms in total. The van der Waals surface area contributed by atoms with Gasteiger partial charge >= 0.3 is 0 Å². The van der Waals surface area contributed by atoms with Gasteiger partial charge in [-0.3, -0.25) is 9.88 Å². The molecule has 5 heteroatoms. The van der Waals surface area contributed by atoms with Crippen LogP contribution in [0, 0.1) is 0 Å². The molecule has 0 amide bonds. The van der Waals surface area contributed by atoms with E-state index in [1.807, 2.05) is 18.2 Å². The Morgan fingerprint density at radius 3 is 2.56 bits per heavy atom. The van der Waals surface area contributed by atoms with Gasteiger partial charge in [0.25, 0.3) is 0 Å². The summed E-state index contributed by atoms with van der Waals surface area (Å²) >= 11 is 0. The molecule has 0 saturated carbocycles. The van der Waals surface area contributed by atoms with Crippen LogP contribution in [0.1, 0.15) is 24.1 Å². The fourth-order valence-electron chi connectivity index (χ4n) is 4.20. The first-order valence-corrected chi connectivity index (χ1v) is 8.79. The van der Waals surface area contributed by atoms with Gasteiger partial charge in [-0.2, -0.15) is 0 Å². The molecule has 2 atom stereocenters. The molecule has 132 valence electrons. The molecule has 25 heavy (non-hydrogen) atoms. The highest BCUT2D eigenvalue weighted by atomic mass is 16.5. The molecular formula is C20H24N2O3. The maximum absolute atomic E-state index is 11.4. The average molecular weight is 340 g/mol. The fraction of sp³-hybridized carbons (Fsp3) is 0.450. The van der Waals surface area contributed by atoms with Gasteiger partial charge in [-0.15, -0.1) is 0 Å². The van der Waals surface area contributed by atoms with E-state index in [0.29, 0.717) is 37.5 Å². The predicted molar refractivity (Wildman–Crippen MR) is 94.3 cm³/mol. The van der Waals surface area contributed by atoms with Crippen molar-refractivity contribution in [3.63, 3.8) is 0 Å². The Morgan fingerprint density at radius 1 is 1.16 bits per heavy atom. The van der Waals surface area contributed by atoms with Crippen molar-refractivity contribution < 1.29 is 14.6 Å². The van der Waals surface area contributed by atoms with E-state index in [4.69, 9.17) is 9.47 Å². The largest absolute Gasteiger partial charge is 0.495 e. The van der Waals surface area contributed by atoms with E-state index in [1.54, 1.807) is 13.3 Å². The molecule has 0 aliphatic carbocycles. The number of piperidine rings is 1. The van der Waals surface area contributed by atoms with Crippen molar-refractivity contribution in [3.05, 3.63) is 59.9 Å². The zero-order valence-corrected chi connectivity index (χ0v) is 14.5. The second-order valence-corrected chi connectivity index (χ2v) is 7.00. The van der Waals surface area contributed by atoms with E-state index in [9.17, 15) is 5.11 Å². The average Bonchev–Trinajstić information content (AvgIpc) is 2.63. The molecule has 2 fully saturated rings.